The Morgan fingerprint density at radius 2 is 1.37 bits per heavy atom. The van der Waals surface area contributed by atoms with Crippen molar-refractivity contribution in [3.8, 4) is 11.1 Å². The molecule has 0 aromatic heterocycles. The van der Waals surface area contributed by atoms with Gasteiger partial charge in [0.15, 0.2) is 0 Å². The highest BCUT2D eigenvalue weighted by Gasteiger charge is 2.47. The minimum Gasteiger partial charge on any atom is -0.390 e. The lowest BCUT2D eigenvalue weighted by atomic mass is 9.76. The first-order valence-corrected chi connectivity index (χ1v) is 11.5. The molecule has 0 amide bonds. The van der Waals surface area contributed by atoms with E-state index in [2.05, 4.69) is 96.8 Å². The van der Waals surface area contributed by atoms with Crippen LogP contribution in [0, 0.1) is 0 Å². The largest absolute Gasteiger partial charge is 0.390 e. The SMILES string of the molecule is CN1CCC[C@]1(C)[C@H](O)C1c2cc(C(C)(C)C)ccc2-c2ccc(C(C)(C)C)cc21. The summed E-state index contributed by atoms with van der Waals surface area (Å²) in [5, 5.41) is 11.9. The summed E-state index contributed by atoms with van der Waals surface area (Å²) in [6.07, 6.45) is 1.76. The Labute approximate surface area is 183 Å². The van der Waals surface area contributed by atoms with E-state index in [4.69, 9.17) is 0 Å². The highest BCUT2D eigenvalue weighted by Crippen LogP contribution is 2.51. The molecule has 2 aliphatic rings. The van der Waals surface area contributed by atoms with Crippen molar-refractivity contribution in [2.24, 2.45) is 0 Å². The summed E-state index contributed by atoms with van der Waals surface area (Å²) in [7, 11) is 2.17. The zero-order valence-electron chi connectivity index (χ0n) is 20.1. The second-order valence-electron chi connectivity index (χ2n) is 11.9. The predicted molar refractivity (Wildman–Crippen MR) is 127 cm³/mol. The third-order valence-corrected chi connectivity index (χ3v) is 7.80. The summed E-state index contributed by atoms with van der Waals surface area (Å²) in [6.45, 7) is 16.9. The standard InChI is InChI=1S/C28H39NO/c1-26(2,3)18-10-12-20-21-13-11-19(27(4,5)6)17-23(21)24(22(20)16-18)25(30)28(7)14-9-15-29(28)8/h10-13,16-17,24-25,30H,9,14-15H2,1-8H3/t25-,28-/m1/s1. The molecule has 1 fully saturated rings. The van der Waals surface area contributed by atoms with Crippen molar-refractivity contribution in [3.63, 3.8) is 0 Å². The average molecular weight is 406 g/mol. The molecule has 1 saturated heterocycles. The fraction of sp³-hybridized carbons (Fsp3) is 0.571. The predicted octanol–water partition coefficient (Wildman–Crippen LogP) is 6.24. The molecule has 1 aliphatic heterocycles. The van der Waals surface area contributed by atoms with Gasteiger partial charge in [-0.1, -0.05) is 77.9 Å². The van der Waals surface area contributed by atoms with E-state index in [9.17, 15) is 5.11 Å². The monoisotopic (exact) mass is 405 g/mol. The van der Waals surface area contributed by atoms with Gasteiger partial charge >= 0.3 is 0 Å². The fourth-order valence-electron chi connectivity index (χ4n) is 5.42. The van der Waals surface area contributed by atoms with Crippen molar-refractivity contribution in [2.45, 2.75) is 89.7 Å². The van der Waals surface area contributed by atoms with Crippen LogP contribution in [0.2, 0.25) is 0 Å². The van der Waals surface area contributed by atoms with Crippen molar-refractivity contribution >= 4 is 0 Å². The molecule has 1 heterocycles. The lowest BCUT2D eigenvalue weighted by Crippen LogP contribution is -2.51. The highest BCUT2D eigenvalue weighted by atomic mass is 16.3. The van der Waals surface area contributed by atoms with E-state index in [0.717, 1.165) is 19.4 Å². The van der Waals surface area contributed by atoms with Crippen LogP contribution < -0.4 is 0 Å². The Kier molecular flexibility index (Phi) is 4.99. The molecule has 2 nitrogen and oxygen atoms in total. The second-order valence-corrected chi connectivity index (χ2v) is 11.9. The molecule has 4 rings (SSSR count). The number of benzene rings is 2. The van der Waals surface area contributed by atoms with Gasteiger partial charge in [-0.2, -0.15) is 0 Å². The number of hydrogen-bond acceptors (Lipinski definition) is 2. The fourth-order valence-corrected chi connectivity index (χ4v) is 5.42. The first-order chi connectivity index (χ1) is 13.8. The van der Waals surface area contributed by atoms with Crippen LogP contribution in [0.3, 0.4) is 0 Å². The van der Waals surface area contributed by atoms with Gasteiger partial charge in [0, 0.05) is 11.5 Å². The zero-order chi connectivity index (χ0) is 22.1. The molecular formula is C28H39NO. The van der Waals surface area contributed by atoms with Gasteiger partial charge in [0.1, 0.15) is 0 Å². The number of aliphatic hydroxyl groups is 1. The number of hydrogen-bond donors (Lipinski definition) is 1. The van der Waals surface area contributed by atoms with Gasteiger partial charge in [0.05, 0.1) is 6.10 Å². The van der Waals surface area contributed by atoms with Crippen LogP contribution >= 0.6 is 0 Å². The molecular weight excluding hydrogens is 366 g/mol. The van der Waals surface area contributed by atoms with E-state index < -0.39 is 6.10 Å². The summed E-state index contributed by atoms with van der Waals surface area (Å²) in [5.74, 6) is 0.0187. The third kappa shape index (κ3) is 3.33. The molecule has 2 aromatic rings. The van der Waals surface area contributed by atoms with Gasteiger partial charge in [0.25, 0.3) is 0 Å². The van der Waals surface area contributed by atoms with Crippen LogP contribution in [-0.4, -0.2) is 35.2 Å². The maximum atomic E-state index is 11.9. The molecule has 2 heteroatoms. The lowest BCUT2D eigenvalue weighted by molar-refractivity contribution is 0.00751. The van der Waals surface area contributed by atoms with Gasteiger partial charge in [-0.15, -0.1) is 0 Å². The van der Waals surface area contributed by atoms with Gasteiger partial charge < -0.3 is 5.11 Å². The lowest BCUT2D eigenvalue weighted by Gasteiger charge is -2.40. The maximum Gasteiger partial charge on any atom is 0.0830 e. The number of fused-ring (bicyclic) bond motifs is 3. The number of aliphatic hydroxyl groups excluding tert-OH is 1. The van der Waals surface area contributed by atoms with Gasteiger partial charge in [-0.25, -0.2) is 0 Å². The van der Waals surface area contributed by atoms with E-state index in [1.54, 1.807) is 0 Å². The summed E-state index contributed by atoms with van der Waals surface area (Å²) < 4.78 is 0. The van der Waals surface area contributed by atoms with E-state index in [0.29, 0.717) is 0 Å². The molecule has 0 radical (unpaired) electrons. The summed E-state index contributed by atoms with van der Waals surface area (Å²) in [5.41, 5.74) is 7.86. The Morgan fingerprint density at radius 3 is 1.73 bits per heavy atom. The second kappa shape index (κ2) is 6.93. The van der Waals surface area contributed by atoms with E-state index in [1.807, 2.05) is 0 Å². The number of nitrogens with zero attached hydrogens (tertiary/aromatic N) is 1. The molecule has 0 unspecified atom stereocenters. The smallest absolute Gasteiger partial charge is 0.0830 e. The van der Waals surface area contributed by atoms with Crippen LogP contribution in [0.25, 0.3) is 11.1 Å². The summed E-state index contributed by atoms with van der Waals surface area (Å²) >= 11 is 0. The summed E-state index contributed by atoms with van der Waals surface area (Å²) in [4.78, 5) is 2.37. The van der Waals surface area contributed by atoms with Gasteiger partial charge in [-0.3, -0.25) is 4.90 Å². The Morgan fingerprint density at radius 1 is 0.900 bits per heavy atom. The topological polar surface area (TPSA) is 23.5 Å². The Balaban J connectivity index is 1.92. The average Bonchev–Trinajstić information content (AvgIpc) is 3.16. The van der Waals surface area contributed by atoms with Crippen LogP contribution in [0.4, 0.5) is 0 Å². The van der Waals surface area contributed by atoms with Crippen molar-refractivity contribution in [3.05, 3.63) is 58.7 Å². The van der Waals surface area contributed by atoms with Crippen molar-refractivity contribution in [1.29, 1.82) is 0 Å². The molecule has 0 bridgehead atoms. The quantitative estimate of drug-likeness (QED) is 0.639. The van der Waals surface area contributed by atoms with Gasteiger partial charge in [-0.05, 0) is 77.6 Å². The maximum absolute atomic E-state index is 11.9. The molecule has 30 heavy (non-hydrogen) atoms. The molecule has 0 spiro atoms. The third-order valence-electron chi connectivity index (χ3n) is 7.80. The zero-order valence-corrected chi connectivity index (χ0v) is 20.1. The Hall–Kier alpha value is -1.64. The summed E-state index contributed by atoms with van der Waals surface area (Å²) in [6, 6.07) is 13.9. The highest BCUT2D eigenvalue weighted by molar-refractivity contribution is 5.80. The van der Waals surface area contributed by atoms with E-state index in [-0.39, 0.29) is 22.3 Å². The van der Waals surface area contributed by atoms with Crippen LogP contribution in [-0.2, 0) is 10.8 Å². The van der Waals surface area contributed by atoms with Crippen LogP contribution in [0.15, 0.2) is 36.4 Å². The van der Waals surface area contributed by atoms with Crippen molar-refractivity contribution < 1.29 is 5.11 Å². The molecule has 0 saturated carbocycles. The molecule has 2 aromatic carbocycles. The van der Waals surface area contributed by atoms with Crippen molar-refractivity contribution in [2.75, 3.05) is 13.6 Å². The number of likely N-dealkylation sites (tertiary alicyclic amines) is 1. The molecule has 2 atom stereocenters. The Bertz CT molecular complexity index is 898. The minimum absolute atomic E-state index is 0.0187. The van der Waals surface area contributed by atoms with Crippen LogP contribution in [0.5, 0.6) is 0 Å². The first-order valence-electron chi connectivity index (χ1n) is 11.5. The number of likely N-dealkylation sites (N-methyl/N-ethyl adjacent to an activating group) is 1. The van der Waals surface area contributed by atoms with E-state index in [1.165, 1.54) is 33.4 Å². The molecule has 1 N–H and O–H groups in total. The normalized spacial score (nSPS) is 23.5. The van der Waals surface area contributed by atoms with Crippen LogP contribution in [0.1, 0.15) is 89.5 Å². The van der Waals surface area contributed by atoms with Gasteiger partial charge in [0.2, 0.25) is 0 Å². The molecule has 162 valence electrons. The first kappa shape index (κ1) is 21.6. The minimum atomic E-state index is -0.435. The number of rotatable bonds is 2. The van der Waals surface area contributed by atoms with E-state index >= 15 is 0 Å². The van der Waals surface area contributed by atoms with Crippen molar-refractivity contribution in [1.82, 2.24) is 4.90 Å². The molecule has 1 aliphatic carbocycles.